The number of thiophene rings is 1. The van der Waals surface area contributed by atoms with Crippen LogP contribution in [-0.4, -0.2) is 14.8 Å². The van der Waals surface area contributed by atoms with Crippen LogP contribution in [0.5, 0.6) is 0 Å². The Morgan fingerprint density at radius 2 is 2.21 bits per heavy atom. The summed E-state index contributed by atoms with van der Waals surface area (Å²) in [6.45, 7) is 0.716. The van der Waals surface area contributed by atoms with Gasteiger partial charge in [0.05, 0.1) is 6.54 Å². The number of hydrogen-bond donors (Lipinski definition) is 1. The third kappa shape index (κ3) is 2.69. The first-order valence-corrected chi connectivity index (χ1v) is 7.37. The summed E-state index contributed by atoms with van der Waals surface area (Å²) in [4.78, 5) is 5.55. The quantitative estimate of drug-likeness (QED) is 0.747. The van der Waals surface area contributed by atoms with E-state index < -0.39 is 0 Å². The van der Waals surface area contributed by atoms with Crippen LogP contribution in [0.2, 0.25) is 0 Å². The molecule has 0 radical (unpaired) electrons. The van der Waals surface area contributed by atoms with Gasteiger partial charge in [-0.15, -0.1) is 11.3 Å². The normalized spacial score (nSPS) is 10.8. The molecule has 6 heteroatoms. The van der Waals surface area contributed by atoms with Gasteiger partial charge in [-0.2, -0.15) is 5.10 Å². The fraction of sp³-hybridized carbons (Fsp3) is 0.0769. The lowest BCUT2D eigenvalue weighted by atomic mass is 10.2. The van der Waals surface area contributed by atoms with E-state index in [1.165, 1.54) is 4.88 Å². The number of hydrogen-bond acceptors (Lipinski definition) is 4. The lowest BCUT2D eigenvalue weighted by Crippen LogP contribution is -1.99. The Labute approximate surface area is 123 Å². The molecule has 2 heterocycles. The zero-order chi connectivity index (χ0) is 13.2. The molecular weight excluding hydrogens is 324 g/mol. The number of rotatable bonds is 3. The fourth-order valence-corrected chi connectivity index (χ4v) is 3.23. The van der Waals surface area contributed by atoms with Gasteiger partial charge < -0.3 is 5.73 Å². The van der Waals surface area contributed by atoms with E-state index in [-0.39, 0.29) is 0 Å². The Morgan fingerprint density at radius 3 is 2.95 bits per heavy atom. The van der Waals surface area contributed by atoms with Crippen LogP contribution in [-0.2, 0) is 6.54 Å². The Balaban J connectivity index is 1.86. The standard InChI is InChI=1S/C13H11BrN4S/c14-11-4-5-19-12(11)7-18-8-16-13(17-18)9-2-1-3-10(15)6-9/h1-6,8H,7,15H2. The van der Waals surface area contributed by atoms with Crippen molar-refractivity contribution in [2.24, 2.45) is 0 Å². The lowest BCUT2D eigenvalue weighted by Gasteiger charge is -1.99. The average Bonchev–Trinajstić information content (AvgIpc) is 3.00. The van der Waals surface area contributed by atoms with Crippen molar-refractivity contribution in [3.63, 3.8) is 0 Å². The minimum Gasteiger partial charge on any atom is -0.399 e. The van der Waals surface area contributed by atoms with Crippen LogP contribution in [0.1, 0.15) is 4.88 Å². The predicted octanol–water partition coefficient (Wildman–Crippen LogP) is 3.40. The predicted molar refractivity (Wildman–Crippen MR) is 81.0 cm³/mol. The van der Waals surface area contributed by atoms with Crippen LogP contribution in [0.4, 0.5) is 5.69 Å². The van der Waals surface area contributed by atoms with Crippen LogP contribution in [0.15, 0.2) is 46.5 Å². The van der Waals surface area contributed by atoms with Gasteiger partial charge in [0, 0.05) is 20.6 Å². The highest BCUT2D eigenvalue weighted by molar-refractivity contribution is 9.10. The SMILES string of the molecule is Nc1cccc(-c2ncn(Cc3sccc3Br)n2)c1. The van der Waals surface area contributed by atoms with Crippen molar-refractivity contribution in [3.8, 4) is 11.4 Å². The second-order valence-corrected chi connectivity index (χ2v) is 5.94. The summed E-state index contributed by atoms with van der Waals surface area (Å²) in [5.74, 6) is 0.694. The second kappa shape index (κ2) is 5.14. The van der Waals surface area contributed by atoms with E-state index in [9.17, 15) is 0 Å². The first-order valence-electron chi connectivity index (χ1n) is 5.69. The molecule has 2 N–H and O–H groups in total. The molecule has 0 saturated carbocycles. The maximum Gasteiger partial charge on any atom is 0.181 e. The van der Waals surface area contributed by atoms with Gasteiger partial charge in [-0.05, 0) is 39.5 Å². The number of halogens is 1. The number of nitrogens with zero attached hydrogens (tertiary/aromatic N) is 3. The van der Waals surface area contributed by atoms with Crippen molar-refractivity contribution in [3.05, 3.63) is 51.4 Å². The molecule has 2 aromatic heterocycles. The molecule has 0 aliphatic rings. The van der Waals surface area contributed by atoms with Gasteiger partial charge in [0.15, 0.2) is 5.82 Å². The summed E-state index contributed by atoms with van der Waals surface area (Å²) in [5.41, 5.74) is 7.42. The van der Waals surface area contributed by atoms with E-state index >= 15 is 0 Å². The Kier molecular flexibility index (Phi) is 3.35. The van der Waals surface area contributed by atoms with Gasteiger partial charge in [0.2, 0.25) is 0 Å². The zero-order valence-corrected chi connectivity index (χ0v) is 12.4. The molecule has 3 aromatic rings. The van der Waals surface area contributed by atoms with Crippen molar-refractivity contribution in [2.45, 2.75) is 6.54 Å². The number of anilines is 1. The van der Waals surface area contributed by atoms with Crippen molar-refractivity contribution < 1.29 is 0 Å². The lowest BCUT2D eigenvalue weighted by molar-refractivity contribution is 0.693. The summed E-state index contributed by atoms with van der Waals surface area (Å²) in [6, 6.07) is 9.62. The summed E-state index contributed by atoms with van der Waals surface area (Å²) in [7, 11) is 0. The van der Waals surface area contributed by atoms with E-state index in [4.69, 9.17) is 5.73 Å². The monoisotopic (exact) mass is 334 g/mol. The topological polar surface area (TPSA) is 56.7 Å². The molecule has 19 heavy (non-hydrogen) atoms. The molecule has 0 bridgehead atoms. The molecule has 0 spiro atoms. The molecule has 0 unspecified atom stereocenters. The highest BCUT2D eigenvalue weighted by atomic mass is 79.9. The number of benzene rings is 1. The number of nitrogens with two attached hydrogens (primary N) is 1. The summed E-state index contributed by atoms with van der Waals surface area (Å²) in [5, 5.41) is 6.52. The van der Waals surface area contributed by atoms with Crippen molar-refractivity contribution >= 4 is 33.0 Å². The van der Waals surface area contributed by atoms with Gasteiger partial charge in [-0.3, -0.25) is 0 Å². The van der Waals surface area contributed by atoms with Gasteiger partial charge >= 0.3 is 0 Å². The highest BCUT2D eigenvalue weighted by Crippen LogP contribution is 2.24. The van der Waals surface area contributed by atoms with Crippen LogP contribution < -0.4 is 5.73 Å². The van der Waals surface area contributed by atoms with E-state index in [1.54, 1.807) is 17.7 Å². The Morgan fingerprint density at radius 1 is 1.32 bits per heavy atom. The maximum atomic E-state index is 5.77. The van der Waals surface area contributed by atoms with Crippen molar-refractivity contribution in [2.75, 3.05) is 5.73 Å². The zero-order valence-electron chi connectivity index (χ0n) is 9.95. The van der Waals surface area contributed by atoms with Crippen LogP contribution in [0, 0.1) is 0 Å². The molecule has 0 fully saturated rings. The van der Waals surface area contributed by atoms with E-state index in [0.717, 1.165) is 15.7 Å². The molecule has 0 aliphatic carbocycles. The van der Waals surface area contributed by atoms with Crippen LogP contribution in [0.3, 0.4) is 0 Å². The molecule has 0 aliphatic heterocycles. The van der Waals surface area contributed by atoms with Crippen molar-refractivity contribution in [1.82, 2.24) is 14.8 Å². The third-order valence-corrected chi connectivity index (χ3v) is 4.59. The number of aromatic nitrogens is 3. The first-order chi connectivity index (χ1) is 9.22. The highest BCUT2D eigenvalue weighted by Gasteiger charge is 2.07. The fourth-order valence-electron chi connectivity index (χ4n) is 1.77. The van der Waals surface area contributed by atoms with Gasteiger partial charge in [0.25, 0.3) is 0 Å². The number of nitrogen functional groups attached to an aromatic ring is 1. The molecule has 0 atom stereocenters. The Bertz CT molecular complexity index is 704. The van der Waals surface area contributed by atoms with Gasteiger partial charge in [0.1, 0.15) is 6.33 Å². The smallest absolute Gasteiger partial charge is 0.181 e. The third-order valence-electron chi connectivity index (χ3n) is 2.68. The first kappa shape index (κ1) is 12.4. The minimum atomic E-state index is 0.694. The van der Waals surface area contributed by atoms with Crippen LogP contribution >= 0.6 is 27.3 Å². The molecular formula is C13H11BrN4S. The van der Waals surface area contributed by atoms with E-state index in [2.05, 4.69) is 31.4 Å². The largest absolute Gasteiger partial charge is 0.399 e. The Hall–Kier alpha value is -1.66. The minimum absolute atomic E-state index is 0.694. The molecule has 96 valence electrons. The van der Waals surface area contributed by atoms with E-state index in [0.29, 0.717) is 12.4 Å². The summed E-state index contributed by atoms with van der Waals surface area (Å²) in [6.07, 6.45) is 1.74. The molecule has 1 aromatic carbocycles. The molecule has 3 rings (SSSR count). The second-order valence-electron chi connectivity index (χ2n) is 4.08. The molecule has 4 nitrogen and oxygen atoms in total. The summed E-state index contributed by atoms with van der Waals surface area (Å²) >= 11 is 5.21. The maximum absolute atomic E-state index is 5.77. The molecule has 0 amide bonds. The molecule has 0 saturated heterocycles. The van der Waals surface area contributed by atoms with Crippen LogP contribution in [0.25, 0.3) is 11.4 Å². The van der Waals surface area contributed by atoms with Crippen molar-refractivity contribution in [1.29, 1.82) is 0 Å². The van der Waals surface area contributed by atoms with E-state index in [1.807, 2.05) is 35.0 Å². The summed E-state index contributed by atoms with van der Waals surface area (Å²) < 4.78 is 2.94. The van der Waals surface area contributed by atoms with Gasteiger partial charge in [-0.25, -0.2) is 9.67 Å². The average molecular weight is 335 g/mol. The van der Waals surface area contributed by atoms with Gasteiger partial charge in [-0.1, -0.05) is 12.1 Å².